The van der Waals surface area contributed by atoms with Gasteiger partial charge in [-0.15, -0.1) is 0 Å². The van der Waals surface area contributed by atoms with E-state index in [1.165, 1.54) is 4.90 Å². The van der Waals surface area contributed by atoms with Gasteiger partial charge in [-0.1, -0.05) is 25.8 Å². The van der Waals surface area contributed by atoms with E-state index in [0.717, 1.165) is 24.8 Å². The highest BCUT2D eigenvalue weighted by Crippen LogP contribution is 2.39. The number of nitrogens with zero attached hydrogens (tertiary/aromatic N) is 1. The molecule has 0 bridgehead atoms. The number of hydrogen-bond acceptors (Lipinski definition) is 4. The molecule has 0 aliphatic carbocycles. The molecule has 2 amide bonds. The Kier molecular flexibility index (Phi) is 4.94. The summed E-state index contributed by atoms with van der Waals surface area (Å²) in [5.74, 6) is -0.298. The van der Waals surface area contributed by atoms with E-state index in [1.54, 1.807) is 19.9 Å². The third-order valence-electron chi connectivity index (χ3n) is 4.01. The predicted octanol–water partition coefficient (Wildman–Crippen LogP) is 1.87. The topological polar surface area (TPSA) is 98.6 Å². The summed E-state index contributed by atoms with van der Waals surface area (Å²) in [4.78, 5) is 25.3. The van der Waals surface area contributed by atoms with Crippen LogP contribution in [0.5, 0.6) is 5.75 Å². The summed E-state index contributed by atoms with van der Waals surface area (Å²) in [6.45, 7) is 5.29. The van der Waals surface area contributed by atoms with Gasteiger partial charge in [0, 0.05) is 6.04 Å². The Morgan fingerprint density at radius 1 is 1.39 bits per heavy atom. The molecule has 126 valence electrons. The van der Waals surface area contributed by atoms with Crippen LogP contribution in [-0.2, 0) is 9.59 Å². The minimum Gasteiger partial charge on any atom is -0.476 e. The molecule has 1 unspecified atom stereocenters. The van der Waals surface area contributed by atoms with Gasteiger partial charge in [0.15, 0.2) is 5.60 Å². The van der Waals surface area contributed by atoms with Gasteiger partial charge in [0.2, 0.25) is 5.91 Å². The van der Waals surface area contributed by atoms with Crippen LogP contribution in [0, 0.1) is 0 Å². The Bertz CT molecular complexity index is 613. The fraction of sp³-hybridized carbons (Fsp3) is 0.529. The Balaban J connectivity index is 2.40. The minimum atomic E-state index is -1.03. The summed E-state index contributed by atoms with van der Waals surface area (Å²) in [6.07, 6.45) is 2.97. The molecule has 0 saturated heterocycles. The standard InChI is InChI=1S/C17H25N3O3/c1-4-5-6-12(18)11-7-8-14-13(9-11)20(10-15(19)21)16(22)17(2,3)23-14/h7-9,12H,4-6,10,18H2,1-3H3,(H2,19,21). The van der Waals surface area contributed by atoms with Crippen molar-refractivity contribution in [2.24, 2.45) is 11.5 Å². The van der Waals surface area contributed by atoms with Crippen molar-refractivity contribution in [1.82, 2.24) is 0 Å². The third kappa shape index (κ3) is 3.64. The highest BCUT2D eigenvalue weighted by atomic mass is 16.5. The molecule has 2 rings (SSSR count). The molecule has 1 heterocycles. The van der Waals surface area contributed by atoms with Crippen molar-refractivity contribution in [3.05, 3.63) is 23.8 Å². The normalized spacial score (nSPS) is 17.4. The van der Waals surface area contributed by atoms with Crippen LogP contribution in [0.1, 0.15) is 51.6 Å². The number of unbranched alkanes of at least 4 members (excludes halogenated alkanes) is 1. The van der Waals surface area contributed by atoms with E-state index in [-0.39, 0.29) is 18.5 Å². The van der Waals surface area contributed by atoms with Crippen LogP contribution < -0.4 is 21.1 Å². The van der Waals surface area contributed by atoms with Crippen molar-refractivity contribution in [1.29, 1.82) is 0 Å². The number of primary amides is 1. The molecular formula is C17H25N3O3. The first-order valence-electron chi connectivity index (χ1n) is 7.95. The van der Waals surface area contributed by atoms with E-state index in [2.05, 4.69) is 6.92 Å². The number of carbonyl (C=O) groups excluding carboxylic acids is 2. The number of fused-ring (bicyclic) bond motifs is 1. The van der Waals surface area contributed by atoms with Gasteiger partial charge in [-0.2, -0.15) is 0 Å². The number of anilines is 1. The maximum atomic E-state index is 12.6. The molecule has 0 spiro atoms. The lowest BCUT2D eigenvalue weighted by Crippen LogP contribution is -2.54. The van der Waals surface area contributed by atoms with E-state index in [0.29, 0.717) is 11.4 Å². The van der Waals surface area contributed by atoms with Gasteiger partial charge in [-0.25, -0.2) is 0 Å². The Labute approximate surface area is 136 Å². The van der Waals surface area contributed by atoms with Gasteiger partial charge >= 0.3 is 0 Å². The largest absolute Gasteiger partial charge is 0.476 e. The molecule has 4 N–H and O–H groups in total. The summed E-state index contributed by atoms with van der Waals surface area (Å²) >= 11 is 0. The van der Waals surface area contributed by atoms with Crippen molar-refractivity contribution in [3.63, 3.8) is 0 Å². The van der Waals surface area contributed by atoms with E-state index in [9.17, 15) is 9.59 Å². The Morgan fingerprint density at radius 3 is 2.70 bits per heavy atom. The van der Waals surface area contributed by atoms with Crippen LogP contribution in [0.2, 0.25) is 0 Å². The van der Waals surface area contributed by atoms with Crippen molar-refractivity contribution >= 4 is 17.5 Å². The van der Waals surface area contributed by atoms with Crippen molar-refractivity contribution in [2.45, 2.75) is 51.7 Å². The minimum absolute atomic E-state index is 0.110. The molecule has 6 nitrogen and oxygen atoms in total. The fourth-order valence-electron chi connectivity index (χ4n) is 2.72. The maximum Gasteiger partial charge on any atom is 0.271 e. The molecule has 23 heavy (non-hydrogen) atoms. The van der Waals surface area contributed by atoms with Crippen LogP contribution in [0.3, 0.4) is 0 Å². The number of nitrogens with two attached hydrogens (primary N) is 2. The number of rotatable bonds is 6. The zero-order valence-electron chi connectivity index (χ0n) is 14.0. The predicted molar refractivity (Wildman–Crippen MR) is 89.1 cm³/mol. The average molecular weight is 319 g/mol. The first-order chi connectivity index (χ1) is 10.8. The summed E-state index contributed by atoms with van der Waals surface area (Å²) in [7, 11) is 0. The lowest BCUT2D eigenvalue weighted by Gasteiger charge is -2.38. The number of amides is 2. The van der Waals surface area contributed by atoms with Gasteiger partial charge in [-0.3, -0.25) is 14.5 Å². The Morgan fingerprint density at radius 2 is 2.09 bits per heavy atom. The third-order valence-corrected chi connectivity index (χ3v) is 4.01. The zero-order valence-corrected chi connectivity index (χ0v) is 14.0. The summed E-state index contributed by atoms with van der Waals surface area (Å²) in [5, 5.41) is 0. The molecular weight excluding hydrogens is 294 g/mol. The molecule has 0 aromatic heterocycles. The lowest BCUT2D eigenvalue weighted by molar-refractivity contribution is -0.133. The van der Waals surface area contributed by atoms with Gasteiger partial charge in [0.1, 0.15) is 12.3 Å². The molecule has 1 aliphatic rings. The molecule has 1 aromatic carbocycles. The molecule has 0 saturated carbocycles. The van der Waals surface area contributed by atoms with Crippen LogP contribution in [0.25, 0.3) is 0 Å². The van der Waals surface area contributed by atoms with Crippen LogP contribution in [-0.4, -0.2) is 24.0 Å². The average Bonchev–Trinajstić information content (AvgIpc) is 2.48. The second-order valence-electron chi connectivity index (χ2n) is 6.45. The second kappa shape index (κ2) is 6.58. The Hall–Kier alpha value is -2.08. The van der Waals surface area contributed by atoms with Crippen molar-refractivity contribution in [2.75, 3.05) is 11.4 Å². The SMILES string of the molecule is CCCCC(N)c1ccc2c(c1)N(CC(N)=O)C(=O)C(C)(C)O2. The molecule has 6 heteroatoms. The van der Waals surface area contributed by atoms with Gasteiger partial charge in [-0.05, 0) is 38.0 Å². The van der Waals surface area contributed by atoms with Crippen LogP contribution >= 0.6 is 0 Å². The zero-order chi connectivity index (χ0) is 17.2. The molecule has 1 aromatic rings. The lowest BCUT2D eigenvalue weighted by atomic mass is 9.98. The summed E-state index contributed by atoms with van der Waals surface area (Å²) < 4.78 is 5.78. The monoisotopic (exact) mass is 319 g/mol. The molecule has 1 aliphatic heterocycles. The second-order valence-corrected chi connectivity index (χ2v) is 6.45. The fourth-order valence-corrected chi connectivity index (χ4v) is 2.72. The molecule has 1 atom stereocenters. The van der Waals surface area contributed by atoms with Crippen LogP contribution in [0.15, 0.2) is 18.2 Å². The number of ether oxygens (including phenoxy) is 1. The highest BCUT2D eigenvalue weighted by molar-refractivity contribution is 6.05. The molecule has 0 fully saturated rings. The quantitative estimate of drug-likeness (QED) is 0.836. The molecule has 0 radical (unpaired) electrons. The van der Waals surface area contributed by atoms with E-state index in [1.807, 2.05) is 12.1 Å². The van der Waals surface area contributed by atoms with Gasteiger partial charge < -0.3 is 16.2 Å². The number of hydrogen-bond donors (Lipinski definition) is 2. The summed E-state index contributed by atoms with van der Waals surface area (Å²) in [6, 6.07) is 5.43. The van der Waals surface area contributed by atoms with Crippen molar-refractivity contribution in [3.8, 4) is 5.75 Å². The number of carbonyl (C=O) groups is 2. The van der Waals surface area contributed by atoms with Gasteiger partial charge in [0.05, 0.1) is 5.69 Å². The first-order valence-corrected chi connectivity index (χ1v) is 7.95. The summed E-state index contributed by atoms with van der Waals surface area (Å²) in [5.41, 5.74) is 11.9. The maximum absolute atomic E-state index is 12.6. The highest BCUT2D eigenvalue weighted by Gasteiger charge is 2.41. The first kappa shape index (κ1) is 17.3. The van der Waals surface area contributed by atoms with Gasteiger partial charge in [0.25, 0.3) is 5.91 Å². The van der Waals surface area contributed by atoms with Crippen LogP contribution in [0.4, 0.5) is 5.69 Å². The van der Waals surface area contributed by atoms with Crippen molar-refractivity contribution < 1.29 is 14.3 Å². The van der Waals surface area contributed by atoms with E-state index >= 15 is 0 Å². The van der Waals surface area contributed by atoms with E-state index < -0.39 is 11.5 Å². The van der Waals surface area contributed by atoms with E-state index in [4.69, 9.17) is 16.2 Å². The smallest absolute Gasteiger partial charge is 0.271 e. The number of benzene rings is 1.